The molecule has 0 radical (unpaired) electrons. The Hall–Kier alpha value is -0.570. The van der Waals surface area contributed by atoms with Crippen LogP contribution in [0.2, 0.25) is 5.02 Å². The van der Waals surface area contributed by atoms with Gasteiger partial charge in [-0.05, 0) is 44.4 Å². The minimum atomic E-state index is 0.348. The quantitative estimate of drug-likeness (QED) is 0.867. The van der Waals surface area contributed by atoms with Crippen LogP contribution in [0.25, 0.3) is 0 Å². The Balaban J connectivity index is 1.80. The van der Waals surface area contributed by atoms with E-state index in [-0.39, 0.29) is 0 Å². The molecule has 0 bridgehead atoms. The molecule has 1 aromatic carbocycles. The second-order valence-corrected chi connectivity index (χ2v) is 5.13. The molecule has 0 amide bonds. The minimum Gasteiger partial charge on any atom is -0.378 e. The van der Waals surface area contributed by atoms with Crippen LogP contribution in [0.15, 0.2) is 24.3 Å². The highest BCUT2D eigenvalue weighted by atomic mass is 35.5. The Labute approximate surface area is 108 Å². The highest BCUT2D eigenvalue weighted by molar-refractivity contribution is 6.30. The number of rotatable bonds is 5. The molecule has 0 aliphatic heterocycles. The third-order valence-corrected chi connectivity index (χ3v) is 3.57. The monoisotopic (exact) mass is 253 g/mol. The predicted octanol–water partition coefficient (Wildman–Crippen LogP) is 3.56. The SMILES string of the molecule is CCOC1CC(N[C@H](C)c2cccc(Cl)c2)C1. The lowest BCUT2D eigenvalue weighted by molar-refractivity contribution is -0.0120. The van der Waals surface area contributed by atoms with Crippen molar-refractivity contribution in [2.24, 2.45) is 0 Å². The highest BCUT2D eigenvalue weighted by Crippen LogP contribution is 2.26. The summed E-state index contributed by atoms with van der Waals surface area (Å²) in [5.41, 5.74) is 1.25. The zero-order chi connectivity index (χ0) is 12.3. The van der Waals surface area contributed by atoms with Crippen molar-refractivity contribution in [3.63, 3.8) is 0 Å². The molecule has 3 heteroatoms. The van der Waals surface area contributed by atoms with Crippen LogP contribution in [0.1, 0.15) is 38.3 Å². The molecule has 1 aliphatic rings. The summed E-state index contributed by atoms with van der Waals surface area (Å²) in [6, 6.07) is 8.98. The second-order valence-electron chi connectivity index (χ2n) is 4.69. The van der Waals surface area contributed by atoms with Gasteiger partial charge in [0.2, 0.25) is 0 Å². The lowest BCUT2D eigenvalue weighted by atomic mass is 9.88. The molecule has 94 valence electrons. The normalized spacial score (nSPS) is 25.4. The maximum atomic E-state index is 5.99. The van der Waals surface area contributed by atoms with Gasteiger partial charge in [0, 0.05) is 23.7 Å². The van der Waals surface area contributed by atoms with Gasteiger partial charge in [-0.1, -0.05) is 23.7 Å². The number of hydrogen-bond acceptors (Lipinski definition) is 2. The Morgan fingerprint density at radius 3 is 2.88 bits per heavy atom. The summed E-state index contributed by atoms with van der Waals surface area (Å²) >= 11 is 5.99. The molecule has 1 aromatic rings. The van der Waals surface area contributed by atoms with Crippen LogP contribution < -0.4 is 5.32 Å². The maximum Gasteiger partial charge on any atom is 0.0604 e. The molecule has 2 nitrogen and oxygen atoms in total. The number of benzene rings is 1. The van der Waals surface area contributed by atoms with Crippen LogP contribution in [-0.4, -0.2) is 18.8 Å². The summed E-state index contributed by atoms with van der Waals surface area (Å²) in [4.78, 5) is 0. The van der Waals surface area contributed by atoms with Crippen LogP contribution in [0.4, 0.5) is 0 Å². The standard InChI is InChI=1S/C14H20ClNO/c1-3-17-14-8-13(9-14)16-10(2)11-5-4-6-12(15)7-11/h4-7,10,13-14,16H,3,8-9H2,1-2H3/t10-,13?,14?/m1/s1. The van der Waals surface area contributed by atoms with Crippen molar-refractivity contribution in [1.29, 1.82) is 0 Å². The van der Waals surface area contributed by atoms with Gasteiger partial charge in [-0.25, -0.2) is 0 Å². The summed E-state index contributed by atoms with van der Waals surface area (Å²) in [5.74, 6) is 0. The number of ether oxygens (including phenoxy) is 1. The van der Waals surface area contributed by atoms with Crippen LogP contribution in [-0.2, 0) is 4.74 Å². The summed E-state index contributed by atoms with van der Waals surface area (Å²) in [6.45, 7) is 5.05. The van der Waals surface area contributed by atoms with Gasteiger partial charge in [0.25, 0.3) is 0 Å². The number of hydrogen-bond donors (Lipinski definition) is 1. The lowest BCUT2D eigenvalue weighted by Crippen LogP contribution is -2.46. The van der Waals surface area contributed by atoms with Crippen molar-refractivity contribution in [3.05, 3.63) is 34.9 Å². The van der Waals surface area contributed by atoms with E-state index in [4.69, 9.17) is 16.3 Å². The highest BCUT2D eigenvalue weighted by Gasteiger charge is 2.30. The maximum absolute atomic E-state index is 5.99. The van der Waals surface area contributed by atoms with Gasteiger partial charge in [0.05, 0.1) is 6.10 Å². The van der Waals surface area contributed by atoms with E-state index in [2.05, 4.69) is 25.2 Å². The molecule has 1 atom stereocenters. The van der Waals surface area contributed by atoms with Crippen molar-refractivity contribution in [1.82, 2.24) is 5.32 Å². The molecule has 17 heavy (non-hydrogen) atoms. The average molecular weight is 254 g/mol. The van der Waals surface area contributed by atoms with E-state index < -0.39 is 0 Å². The predicted molar refractivity (Wildman–Crippen MR) is 71.4 cm³/mol. The van der Waals surface area contributed by atoms with Crippen molar-refractivity contribution in [2.45, 2.75) is 44.9 Å². The van der Waals surface area contributed by atoms with Gasteiger partial charge in [0.1, 0.15) is 0 Å². The smallest absolute Gasteiger partial charge is 0.0604 e. The summed E-state index contributed by atoms with van der Waals surface area (Å²) in [6.07, 6.45) is 2.71. The fraction of sp³-hybridized carbons (Fsp3) is 0.571. The summed E-state index contributed by atoms with van der Waals surface area (Å²) in [7, 11) is 0. The van der Waals surface area contributed by atoms with E-state index in [1.165, 1.54) is 5.56 Å². The van der Waals surface area contributed by atoms with Crippen LogP contribution in [0.3, 0.4) is 0 Å². The molecule has 1 fully saturated rings. The first-order valence-corrected chi connectivity index (χ1v) is 6.70. The number of nitrogens with one attached hydrogen (secondary N) is 1. The molecular weight excluding hydrogens is 234 g/mol. The Bertz CT molecular complexity index is 363. The molecule has 1 N–H and O–H groups in total. The zero-order valence-electron chi connectivity index (χ0n) is 10.4. The van der Waals surface area contributed by atoms with Gasteiger partial charge in [-0.2, -0.15) is 0 Å². The minimum absolute atomic E-state index is 0.348. The third kappa shape index (κ3) is 3.44. The number of halogens is 1. The first kappa shape index (κ1) is 12.9. The largest absolute Gasteiger partial charge is 0.378 e. The van der Waals surface area contributed by atoms with Crippen molar-refractivity contribution in [2.75, 3.05) is 6.61 Å². The van der Waals surface area contributed by atoms with Gasteiger partial charge in [0.15, 0.2) is 0 Å². The van der Waals surface area contributed by atoms with Crippen LogP contribution >= 0.6 is 11.6 Å². The van der Waals surface area contributed by atoms with Crippen molar-refractivity contribution >= 4 is 11.6 Å². The van der Waals surface area contributed by atoms with E-state index in [1.54, 1.807) is 0 Å². The first-order chi connectivity index (χ1) is 8.19. The molecule has 1 aliphatic carbocycles. The second kappa shape index (κ2) is 5.85. The van der Waals surface area contributed by atoms with Crippen LogP contribution in [0, 0.1) is 0 Å². The molecule has 0 saturated heterocycles. The zero-order valence-corrected chi connectivity index (χ0v) is 11.2. The molecule has 0 aromatic heterocycles. The van der Waals surface area contributed by atoms with E-state index in [0.717, 1.165) is 24.5 Å². The lowest BCUT2D eigenvalue weighted by Gasteiger charge is -2.37. The fourth-order valence-corrected chi connectivity index (χ4v) is 2.50. The summed E-state index contributed by atoms with van der Waals surface area (Å²) in [5, 5.41) is 4.41. The first-order valence-electron chi connectivity index (χ1n) is 6.32. The summed E-state index contributed by atoms with van der Waals surface area (Å²) < 4.78 is 5.55. The topological polar surface area (TPSA) is 21.3 Å². The Morgan fingerprint density at radius 1 is 1.47 bits per heavy atom. The molecule has 1 saturated carbocycles. The van der Waals surface area contributed by atoms with Gasteiger partial charge in [-0.3, -0.25) is 0 Å². The fourth-order valence-electron chi connectivity index (χ4n) is 2.30. The molecule has 0 spiro atoms. The van der Waals surface area contributed by atoms with Gasteiger partial charge < -0.3 is 10.1 Å². The molecule has 0 unspecified atom stereocenters. The van der Waals surface area contributed by atoms with E-state index in [0.29, 0.717) is 18.2 Å². The Kier molecular flexibility index (Phi) is 4.43. The van der Waals surface area contributed by atoms with Crippen LogP contribution in [0.5, 0.6) is 0 Å². The van der Waals surface area contributed by atoms with E-state index in [9.17, 15) is 0 Å². The third-order valence-electron chi connectivity index (χ3n) is 3.33. The van der Waals surface area contributed by atoms with E-state index in [1.807, 2.05) is 18.2 Å². The van der Waals surface area contributed by atoms with Crippen molar-refractivity contribution < 1.29 is 4.74 Å². The van der Waals surface area contributed by atoms with Gasteiger partial charge >= 0.3 is 0 Å². The molecule has 0 heterocycles. The average Bonchev–Trinajstić information content (AvgIpc) is 2.26. The van der Waals surface area contributed by atoms with Crippen molar-refractivity contribution in [3.8, 4) is 0 Å². The molecule has 2 rings (SSSR count). The Morgan fingerprint density at radius 2 is 2.24 bits per heavy atom. The van der Waals surface area contributed by atoms with E-state index >= 15 is 0 Å². The van der Waals surface area contributed by atoms with Gasteiger partial charge in [-0.15, -0.1) is 0 Å². The molecular formula is C14H20ClNO.